The quantitative estimate of drug-likeness (QED) is 0.609. The van der Waals surface area contributed by atoms with Crippen LogP contribution in [0.3, 0.4) is 0 Å². The number of carbonyl (C=O) groups is 1. The molecule has 0 saturated heterocycles. The van der Waals surface area contributed by atoms with Crippen molar-refractivity contribution in [2.45, 2.75) is 6.92 Å². The van der Waals surface area contributed by atoms with Gasteiger partial charge in [-0.2, -0.15) is 0 Å². The Kier molecular flexibility index (Phi) is 5.55. The number of thiophene rings is 1. The van der Waals surface area contributed by atoms with Crippen molar-refractivity contribution < 1.29 is 13.2 Å². The van der Waals surface area contributed by atoms with E-state index in [1.165, 1.54) is 23.5 Å². The fraction of sp³-hybridized carbons (Fsp3) is 0.105. The summed E-state index contributed by atoms with van der Waals surface area (Å²) in [7, 11) is -3.44. The molecule has 0 radical (unpaired) electrons. The zero-order chi connectivity index (χ0) is 19.6. The second-order valence-electron chi connectivity index (χ2n) is 6.00. The number of sulfonamides is 1. The first-order valence-electron chi connectivity index (χ1n) is 7.97. The molecule has 3 rings (SSSR count). The first-order chi connectivity index (χ1) is 12.7. The summed E-state index contributed by atoms with van der Waals surface area (Å²) in [6, 6.07) is 16.2. The number of hydrogen-bond donors (Lipinski definition) is 2. The Balaban J connectivity index is 1.84. The van der Waals surface area contributed by atoms with E-state index in [-0.39, 0.29) is 11.6 Å². The number of carbonyl (C=O) groups excluding carboxylic acids is 1. The molecule has 2 N–H and O–H groups in total. The molecular weight excluding hydrogens is 404 g/mol. The minimum Gasteiger partial charge on any atom is -0.321 e. The van der Waals surface area contributed by atoms with E-state index < -0.39 is 10.0 Å². The van der Waals surface area contributed by atoms with Gasteiger partial charge in [0.25, 0.3) is 5.91 Å². The fourth-order valence-corrected chi connectivity index (χ4v) is 4.34. The van der Waals surface area contributed by atoms with Gasteiger partial charge >= 0.3 is 0 Å². The van der Waals surface area contributed by atoms with Crippen LogP contribution in [0.4, 0.5) is 11.4 Å². The summed E-state index contributed by atoms with van der Waals surface area (Å²) in [5.74, 6) is -0.280. The molecule has 0 aliphatic carbocycles. The molecule has 1 amide bonds. The summed E-state index contributed by atoms with van der Waals surface area (Å²) in [4.78, 5) is 14.2. The molecule has 8 heteroatoms. The summed E-state index contributed by atoms with van der Waals surface area (Å²) in [5, 5.41) is 3.08. The van der Waals surface area contributed by atoms with Gasteiger partial charge in [0, 0.05) is 15.6 Å². The van der Waals surface area contributed by atoms with Crippen molar-refractivity contribution in [2.75, 3.05) is 16.3 Å². The first-order valence-corrected chi connectivity index (χ1v) is 11.1. The Morgan fingerprint density at radius 3 is 2.37 bits per heavy atom. The van der Waals surface area contributed by atoms with Gasteiger partial charge < -0.3 is 5.32 Å². The van der Waals surface area contributed by atoms with Crippen LogP contribution in [0.25, 0.3) is 11.1 Å². The topological polar surface area (TPSA) is 75.3 Å². The molecule has 1 aromatic heterocycles. The smallest absolute Gasteiger partial charge is 0.265 e. The molecule has 27 heavy (non-hydrogen) atoms. The lowest BCUT2D eigenvalue weighted by atomic mass is 10.1. The molecular formula is C19H17ClN2O3S2. The Labute approximate surface area is 167 Å². The molecule has 3 aromatic rings. The second-order valence-corrected chi connectivity index (χ2v) is 9.44. The zero-order valence-electron chi connectivity index (χ0n) is 14.6. The molecule has 0 aliphatic heterocycles. The van der Waals surface area contributed by atoms with Crippen LogP contribution in [0.15, 0.2) is 54.6 Å². The van der Waals surface area contributed by atoms with Crippen molar-refractivity contribution in [3.63, 3.8) is 0 Å². The Morgan fingerprint density at radius 2 is 1.70 bits per heavy atom. The van der Waals surface area contributed by atoms with Gasteiger partial charge in [0.2, 0.25) is 10.0 Å². The molecule has 1 heterocycles. The Morgan fingerprint density at radius 1 is 1.04 bits per heavy atom. The number of rotatable bonds is 5. The maximum atomic E-state index is 12.6. The van der Waals surface area contributed by atoms with Crippen LogP contribution >= 0.6 is 22.9 Å². The van der Waals surface area contributed by atoms with Crippen LogP contribution < -0.4 is 10.0 Å². The van der Waals surface area contributed by atoms with E-state index >= 15 is 0 Å². The van der Waals surface area contributed by atoms with Gasteiger partial charge in [0.15, 0.2) is 0 Å². The third-order valence-electron chi connectivity index (χ3n) is 3.69. The van der Waals surface area contributed by atoms with Gasteiger partial charge in [-0.25, -0.2) is 8.42 Å². The van der Waals surface area contributed by atoms with Crippen LogP contribution in [0, 0.1) is 6.92 Å². The van der Waals surface area contributed by atoms with E-state index in [1.54, 1.807) is 6.07 Å². The largest absolute Gasteiger partial charge is 0.321 e. The fourth-order valence-electron chi connectivity index (χ4n) is 2.63. The van der Waals surface area contributed by atoms with Crippen molar-refractivity contribution >= 4 is 50.2 Å². The average Bonchev–Trinajstić information content (AvgIpc) is 2.95. The number of hydrogen-bond acceptors (Lipinski definition) is 4. The lowest BCUT2D eigenvalue weighted by Gasteiger charge is -2.09. The van der Waals surface area contributed by atoms with Crippen molar-refractivity contribution in [1.29, 1.82) is 0 Å². The summed E-state index contributed by atoms with van der Waals surface area (Å²) in [5.41, 5.74) is 2.75. The van der Waals surface area contributed by atoms with E-state index in [4.69, 9.17) is 11.6 Å². The summed E-state index contributed by atoms with van der Waals surface area (Å²) >= 11 is 7.43. The highest BCUT2D eigenvalue weighted by atomic mass is 35.5. The standard InChI is InChI=1S/C19H17ClN2O3S2/c1-12-17(13-6-4-3-5-7-13)11-18(26-12)19(23)21-15-8-14(20)9-16(10-15)22-27(2,24)25/h3-11,22H,1-2H3,(H,21,23). The molecule has 140 valence electrons. The molecule has 0 spiro atoms. The van der Waals surface area contributed by atoms with Crippen LogP contribution in [-0.2, 0) is 10.0 Å². The summed E-state index contributed by atoms with van der Waals surface area (Å²) < 4.78 is 25.2. The molecule has 0 fully saturated rings. The van der Waals surface area contributed by atoms with Gasteiger partial charge in [-0.05, 0) is 42.3 Å². The number of nitrogens with one attached hydrogen (secondary N) is 2. The van der Waals surface area contributed by atoms with Gasteiger partial charge in [-0.1, -0.05) is 41.9 Å². The molecule has 0 unspecified atom stereocenters. The van der Waals surface area contributed by atoms with E-state index in [9.17, 15) is 13.2 Å². The van der Waals surface area contributed by atoms with Crippen LogP contribution in [0.1, 0.15) is 14.5 Å². The molecule has 0 saturated carbocycles. The van der Waals surface area contributed by atoms with Gasteiger partial charge in [0.1, 0.15) is 0 Å². The van der Waals surface area contributed by atoms with E-state index in [2.05, 4.69) is 10.0 Å². The predicted octanol–water partition coefficient (Wildman–Crippen LogP) is 5.00. The third kappa shape index (κ3) is 5.09. The molecule has 0 bridgehead atoms. The van der Waals surface area contributed by atoms with Crippen molar-refractivity contribution in [3.05, 3.63) is 69.4 Å². The molecule has 0 atom stereocenters. The predicted molar refractivity (Wildman–Crippen MR) is 112 cm³/mol. The van der Waals surface area contributed by atoms with E-state index in [1.807, 2.05) is 43.3 Å². The lowest BCUT2D eigenvalue weighted by Crippen LogP contribution is -2.12. The van der Waals surface area contributed by atoms with Crippen molar-refractivity contribution in [3.8, 4) is 11.1 Å². The maximum Gasteiger partial charge on any atom is 0.265 e. The minimum atomic E-state index is -3.44. The number of anilines is 2. The van der Waals surface area contributed by atoms with Crippen molar-refractivity contribution in [1.82, 2.24) is 0 Å². The van der Waals surface area contributed by atoms with E-state index in [0.717, 1.165) is 22.3 Å². The van der Waals surface area contributed by atoms with E-state index in [0.29, 0.717) is 15.6 Å². The van der Waals surface area contributed by atoms with Gasteiger partial charge in [-0.15, -0.1) is 11.3 Å². The molecule has 2 aromatic carbocycles. The second kappa shape index (κ2) is 7.72. The van der Waals surface area contributed by atoms with Gasteiger partial charge in [0.05, 0.1) is 16.8 Å². The first kappa shape index (κ1) is 19.4. The third-order valence-corrected chi connectivity index (χ3v) is 5.56. The zero-order valence-corrected chi connectivity index (χ0v) is 17.0. The maximum absolute atomic E-state index is 12.6. The summed E-state index contributed by atoms with van der Waals surface area (Å²) in [6.07, 6.45) is 1.05. The molecule has 5 nitrogen and oxygen atoms in total. The highest BCUT2D eigenvalue weighted by molar-refractivity contribution is 7.92. The average molecular weight is 421 g/mol. The SMILES string of the molecule is Cc1sc(C(=O)Nc2cc(Cl)cc(NS(C)(=O)=O)c2)cc1-c1ccccc1. The lowest BCUT2D eigenvalue weighted by molar-refractivity contribution is 0.103. The number of benzene rings is 2. The number of aryl methyl sites for hydroxylation is 1. The monoisotopic (exact) mass is 420 g/mol. The summed E-state index contributed by atoms with van der Waals surface area (Å²) in [6.45, 7) is 1.97. The number of amides is 1. The van der Waals surface area contributed by atoms with Crippen LogP contribution in [0.2, 0.25) is 5.02 Å². The van der Waals surface area contributed by atoms with Gasteiger partial charge in [-0.3, -0.25) is 9.52 Å². The highest BCUT2D eigenvalue weighted by Gasteiger charge is 2.15. The number of halogens is 1. The van der Waals surface area contributed by atoms with Crippen LogP contribution in [-0.4, -0.2) is 20.6 Å². The Bertz CT molecular complexity index is 1090. The molecule has 0 aliphatic rings. The highest BCUT2D eigenvalue weighted by Crippen LogP contribution is 2.31. The minimum absolute atomic E-state index is 0.280. The Hall–Kier alpha value is -2.35. The van der Waals surface area contributed by atoms with Crippen LogP contribution in [0.5, 0.6) is 0 Å². The normalized spacial score (nSPS) is 11.2. The van der Waals surface area contributed by atoms with Crippen molar-refractivity contribution in [2.24, 2.45) is 0 Å².